The van der Waals surface area contributed by atoms with Crippen LogP contribution in [0.2, 0.25) is 0 Å². The Morgan fingerprint density at radius 2 is 2.36 bits per heavy atom. The van der Waals surface area contributed by atoms with Crippen molar-refractivity contribution in [2.24, 2.45) is 5.41 Å². The highest BCUT2D eigenvalue weighted by atomic mass is 16.1. The fraction of sp³-hybridized carbons (Fsp3) is 0.615. The van der Waals surface area contributed by atoms with E-state index in [0.717, 1.165) is 32.0 Å². The number of unbranched alkanes of at least 4 members (excludes halogenated alkanes) is 2. The fourth-order valence-electron chi connectivity index (χ4n) is 1.81. The van der Waals surface area contributed by atoms with Gasteiger partial charge in [0, 0.05) is 0 Å². The molecule has 1 aliphatic rings. The average Bonchev–Trinajstić information content (AvgIpc) is 2.26. The van der Waals surface area contributed by atoms with Gasteiger partial charge in [-0.25, -0.2) is 0 Å². The molecule has 0 spiro atoms. The maximum Gasteiger partial charge on any atom is 0.133 e. The van der Waals surface area contributed by atoms with Gasteiger partial charge in [0.25, 0.3) is 0 Å². The zero-order valence-corrected chi connectivity index (χ0v) is 9.04. The Kier molecular flexibility index (Phi) is 4.64. The summed E-state index contributed by atoms with van der Waals surface area (Å²) in [5.41, 5.74) is -0.272. The molecular weight excluding hydrogens is 172 g/mol. The number of carbonyl (C=O) groups is 1. The van der Waals surface area contributed by atoms with Gasteiger partial charge in [0.2, 0.25) is 0 Å². The van der Waals surface area contributed by atoms with Gasteiger partial charge in [-0.2, -0.15) is 0 Å². The van der Waals surface area contributed by atoms with Gasteiger partial charge in [0.05, 0.1) is 5.41 Å². The number of rotatable bonds is 5. The SMILES string of the molecule is CCCCC=CC1(C=O)C=CCCC1. The summed E-state index contributed by atoms with van der Waals surface area (Å²) in [4.78, 5) is 11.0. The van der Waals surface area contributed by atoms with Crippen LogP contribution in [0.1, 0.15) is 45.4 Å². The van der Waals surface area contributed by atoms with E-state index >= 15 is 0 Å². The quantitative estimate of drug-likeness (QED) is 0.369. The summed E-state index contributed by atoms with van der Waals surface area (Å²) in [5, 5.41) is 0. The van der Waals surface area contributed by atoms with Crippen LogP contribution in [-0.4, -0.2) is 6.29 Å². The lowest BCUT2D eigenvalue weighted by molar-refractivity contribution is -0.112. The summed E-state index contributed by atoms with van der Waals surface area (Å²) < 4.78 is 0. The van der Waals surface area contributed by atoms with Gasteiger partial charge in [-0.05, 0) is 25.7 Å². The molecule has 1 nitrogen and oxygen atoms in total. The lowest BCUT2D eigenvalue weighted by Crippen LogP contribution is -2.18. The standard InChI is InChI=1S/C13H20O/c1-2-3-4-6-9-13(12-14)10-7-5-8-11-13/h6-7,9-10,12H,2-5,8,11H2,1H3. The van der Waals surface area contributed by atoms with Crippen molar-refractivity contribution in [1.29, 1.82) is 0 Å². The minimum atomic E-state index is -0.272. The van der Waals surface area contributed by atoms with E-state index < -0.39 is 0 Å². The highest BCUT2D eigenvalue weighted by Gasteiger charge is 2.24. The monoisotopic (exact) mass is 192 g/mol. The molecule has 0 heterocycles. The van der Waals surface area contributed by atoms with E-state index in [0.29, 0.717) is 0 Å². The first-order valence-electron chi connectivity index (χ1n) is 5.65. The Morgan fingerprint density at radius 1 is 1.50 bits per heavy atom. The maximum atomic E-state index is 11.0. The van der Waals surface area contributed by atoms with Gasteiger partial charge in [-0.15, -0.1) is 0 Å². The van der Waals surface area contributed by atoms with E-state index in [1.807, 2.05) is 0 Å². The molecule has 0 aromatic carbocycles. The van der Waals surface area contributed by atoms with Crippen molar-refractivity contribution in [3.05, 3.63) is 24.3 Å². The van der Waals surface area contributed by atoms with Crippen LogP contribution in [0.5, 0.6) is 0 Å². The second-order valence-electron chi connectivity index (χ2n) is 4.07. The number of hydrogen-bond acceptors (Lipinski definition) is 1. The Morgan fingerprint density at radius 3 is 2.93 bits per heavy atom. The van der Waals surface area contributed by atoms with E-state index in [9.17, 15) is 4.79 Å². The molecule has 0 amide bonds. The molecule has 0 radical (unpaired) electrons. The molecule has 0 N–H and O–H groups in total. The first-order chi connectivity index (χ1) is 6.83. The van der Waals surface area contributed by atoms with Crippen LogP contribution in [0.4, 0.5) is 0 Å². The van der Waals surface area contributed by atoms with Crippen molar-refractivity contribution >= 4 is 6.29 Å². The summed E-state index contributed by atoms with van der Waals surface area (Å²) in [7, 11) is 0. The highest BCUT2D eigenvalue weighted by Crippen LogP contribution is 2.30. The summed E-state index contributed by atoms with van der Waals surface area (Å²) in [5.74, 6) is 0. The Bertz CT molecular complexity index is 227. The Hall–Kier alpha value is -0.850. The molecule has 1 rings (SSSR count). The molecule has 0 aliphatic heterocycles. The van der Waals surface area contributed by atoms with Gasteiger partial charge in [-0.3, -0.25) is 0 Å². The topological polar surface area (TPSA) is 17.1 Å². The van der Waals surface area contributed by atoms with E-state index in [2.05, 4.69) is 31.2 Å². The van der Waals surface area contributed by atoms with Crippen molar-refractivity contribution in [2.75, 3.05) is 0 Å². The summed E-state index contributed by atoms with van der Waals surface area (Å²) >= 11 is 0. The lowest BCUT2D eigenvalue weighted by Gasteiger charge is -2.23. The highest BCUT2D eigenvalue weighted by molar-refractivity contribution is 5.66. The Labute approximate surface area is 86.9 Å². The molecule has 1 heteroatoms. The molecule has 0 bridgehead atoms. The second-order valence-corrected chi connectivity index (χ2v) is 4.07. The molecule has 0 saturated heterocycles. The first kappa shape index (κ1) is 11.2. The molecule has 0 aromatic rings. The van der Waals surface area contributed by atoms with E-state index in [-0.39, 0.29) is 5.41 Å². The molecule has 14 heavy (non-hydrogen) atoms. The third-order valence-corrected chi connectivity index (χ3v) is 2.78. The molecular formula is C13H20O. The number of carbonyl (C=O) groups excluding carboxylic acids is 1. The predicted molar refractivity (Wildman–Crippen MR) is 60.2 cm³/mol. The smallest absolute Gasteiger partial charge is 0.133 e. The van der Waals surface area contributed by atoms with Crippen LogP contribution >= 0.6 is 0 Å². The number of hydrogen-bond donors (Lipinski definition) is 0. The zero-order valence-electron chi connectivity index (χ0n) is 9.04. The van der Waals surface area contributed by atoms with Crippen molar-refractivity contribution in [1.82, 2.24) is 0 Å². The van der Waals surface area contributed by atoms with Gasteiger partial charge in [-0.1, -0.05) is 44.1 Å². The van der Waals surface area contributed by atoms with Crippen molar-refractivity contribution < 1.29 is 4.79 Å². The molecule has 0 aromatic heterocycles. The van der Waals surface area contributed by atoms with Gasteiger partial charge in [0.15, 0.2) is 0 Å². The van der Waals surface area contributed by atoms with Crippen LogP contribution in [-0.2, 0) is 4.79 Å². The summed E-state index contributed by atoms with van der Waals surface area (Å²) in [6.07, 6.45) is 16.3. The first-order valence-corrected chi connectivity index (χ1v) is 5.65. The van der Waals surface area contributed by atoms with Crippen molar-refractivity contribution in [3.8, 4) is 0 Å². The minimum Gasteiger partial charge on any atom is -0.302 e. The van der Waals surface area contributed by atoms with Crippen LogP contribution < -0.4 is 0 Å². The average molecular weight is 192 g/mol. The zero-order chi connectivity index (χ0) is 10.3. The van der Waals surface area contributed by atoms with E-state index in [1.54, 1.807) is 0 Å². The fourth-order valence-corrected chi connectivity index (χ4v) is 1.81. The van der Waals surface area contributed by atoms with Crippen molar-refractivity contribution in [2.45, 2.75) is 45.4 Å². The third-order valence-electron chi connectivity index (χ3n) is 2.78. The van der Waals surface area contributed by atoms with Gasteiger partial charge in [0.1, 0.15) is 6.29 Å². The normalized spacial score (nSPS) is 26.9. The molecule has 0 fully saturated rings. The van der Waals surface area contributed by atoms with Crippen LogP contribution in [0.15, 0.2) is 24.3 Å². The van der Waals surface area contributed by atoms with Crippen LogP contribution in [0.25, 0.3) is 0 Å². The van der Waals surface area contributed by atoms with Crippen LogP contribution in [0, 0.1) is 5.41 Å². The van der Waals surface area contributed by atoms with Gasteiger partial charge >= 0.3 is 0 Å². The van der Waals surface area contributed by atoms with E-state index in [1.165, 1.54) is 12.8 Å². The summed E-state index contributed by atoms with van der Waals surface area (Å²) in [6.45, 7) is 2.18. The maximum absolute atomic E-state index is 11.0. The second kappa shape index (κ2) is 5.79. The third kappa shape index (κ3) is 3.13. The number of aldehydes is 1. The Balaban J connectivity index is 2.52. The van der Waals surface area contributed by atoms with Gasteiger partial charge < -0.3 is 4.79 Å². The molecule has 1 atom stereocenters. The lowest BCUT2D eigenvalue weighted by atomic mass is 9.80. The molecule has 1 unspecified atom stereocenters. The molecule has 1 aliphatic carbocycles. The minimum absolute atomic E-state index is 0.272. The predicted octanol–water partition coefficient (Wildman–Crippen LogP) is 3.66. The van der Waals surface area contributed by atoms with Crippen molar-refractivity contribution in [3.63, 3.8) is 0 Å². The van der Waals surface area contributed by atoms with E-state index in [4.69, 9.17) is 0 Å². The molecule has 0 saturated carbocycles. The molecule has 78 valence electrons. The summed E-state index contributed by atoms with van der Waals surface area (Å²) in [6, 6.07) is 0. The van der Waals surface area contributed by atoms with Crippen LogP contribution in [0.3, 0.4) is 0 Å². The number of allylic oxidation sites excluding steroid dienone is 4. The largest absolute Gasteiger partial charge is 0.302 e.